The second-order valence-corrected chi connectivity index (χ2v) is 8.33. The molecule has 1 aromatic carbocycles. The summed E-state index contributed by atoms with van der Waals surface area (Å²) in [6.07, 6.45) is -0.0554. The minimum Gasteiger partial charge on any atom is -0.469 e. The fourth-order valence-electron chi connectivity index (χ4n) is 2.78. The van der Waals surface area contributed by atoms with Crippen LogP contribution in [0, 0.1) is 20.8 Å². The second kappa shape index (κ2) is 7.46. The van der Waals surface area contributed by atoms with Crippen molar-refractivity contribution in [1.29, 1.82) is 0 Å². The van der Waals surface area contributed by atoms with Crippen molar-refractivity contribution in [1.82, 2.24) is 4.72 Å². The van der Waals surface area contributed by atoms with Crippen LogP contribution in [-0.4, -0.2) is 21.5 Å². The Morgan fingerprint density at radius 3 is 2.38 bits per heavy atom. The minimum atomic E-state index is -3.77. The maximum atomic E-state index is 12.9. The van der Waals surface area contributed by atoms with Gasteiger partial charge in [-0.2, -0.15) is 0 Å². The van der Waals surface area contributed by atoms with Gasteiger partial charge in [0.05, 0.1) is 24.5 Å². The number of rotatable bonds is 6. The normalized spacial score (nSPS) is 12.8. The van der Waals surface area contributed by atoms with Gasteiger partial charge in [0.15, 0.2) is 0 Å². The van der Waals surface area contributed by atoms with Crippen molar-refractivity contribution >= 4 is 27.3 Å². The lowest BCUT2D eigenvalue weighted by atomic mass is 10.1. The van der Waals surface area contributed by atoms with Gasteiger partial charge in [-0.1, -0.05) is 23.8 Å². The first-order valence-corrected chi connectivity index (χ1v) is 9.81. The summed E-state index contributed by atoms with van der Waals surface area (Å²) in [4.78, 5) is 12.7. The lowest BCUT2D eigenvalue weighted by Crippen LogP contribution is -2.31. The van der Waals surface area contributed by atoms with Crippen molar-refractivity contribution in [3.63, 3.8) is 0 Å². The standard InChI is InChI=1S/C17H21NO4S2/c1-11-8-12(2)17(13(3)9-11)24(20,21)18-14(10-16(19)22-4)15-6-5-7-23-15/h5-9,14,18H,10H2,1-4H3. The number of aryl methyl sites for hydroxylation is 3. The highest BCUT2D eigenvalue weighted by atomic mass is 32.2. The number of sulfonamides is 1. The molecular weight excluding hydrogens is 346 g/mol. The number of carbonyl (C=O) groups is 1. The number of hydrogen-bond acceptors (Lipinski definition) is 5. The molecule has 0 radical (unpaired) electrons. The molecule has 5 nitrogen and oxygen atoms in total. The van der Waals surface area contributed by atoms with Crippen molar-refractivity contribution in [3.05, 3.63) is 51.2 Å². The van der Waals surface area contributed by atoms with Gasteiger partial charge in [0.2, 0.25) is 10.0 Å². The van der Waals surface area contributed by atoms with Crippen LogP contribution >= 0.6 is 11.3 Å². The SMILES string of the molecule is COC(=O)CC(NS(=O)(=O)c1c(C)cc(C)cc1C)c1cccs1. The maximum Gasteiger partial charge on any atom is 0.307 e. The van der Waals surface area contributed by atoms with E-state index < -0.39 is 22.0 Å². The molecule has 1 aromatic heterocycles. The van der Waals surface area contributed by atoms with Gasteiger partial charge in [0.1, 0.15) is 0 Å². The molecule has 0 bridgehead atoms. The third-order valence-corrected chi connectivity index (χ3v) is 6.42. The molecule has 2 aromatic rings. The van der Waals surface area contributed by atoms with Crippen molar-refractivity contribution in [3.8, 4) is 0 Å². The smallest absolute Gasteiger partial charge is 0.307 e. The Balaban J connectivity index is 2.39. The van der Waals surface area contributed by atoms with Crippen LogP contribution < -0.4 is 4.72 Å². The molecule has 7 heteroatoms. The molecule has 0 fully saturated rings. The number of carbonyl (C=O) groups excluding carboxylic acids is 1. The van der Waals surface area contributed by atoms with Crippen molar-refractivity contribution in [2.45, 2.75) is 38.1 Å². The van der Waals surface area contributed by atoms with E-state index in [0.29, 0.717) is 11.1 Å². The zero-order valence-corrected chi connectivity index (χ0v) is 15.8. The average Bonchev–Trinajstić information content (AvgIpc) is 2.98. The number of methoxy groups -OCH3 is 1. The first-order chi connectivity index (χ1) is 11.2. The van der Waals surface area contributed by atoms with E-state index in [2.05, 4.69) is 4.72 Å². The fraction of sp³-hybridized carbons (Fsp3) is 0.353. The number of esters is 1. The van der Waals surface area contributed by atoms with Crippen LogP contribution in [0.3, 0.4) is 0 Å². The summed E-state index contributed by atoms with van der Waals surface area (Å²) >= 11 is 1.40. The third kappa shape index (κ3) is 4.23. The van der Waals surface area contributed by atoms with Gasteiger partial charge in [-0.25, -0.2) is 13.1 Å². The summed E-state index contributed by atoms with van der Waals surface area (Å²) in [6.45, 7) is 5.47. The number of hydrogen-bond donors (Lipinski definition) is 1. The Bertz CT molecular complexity index is 803. The summed E-state index contributed by atoms with van der Waals surface area (Å²) in [7, 11) is -2.48. The number of nitrogens with one attached hydrogen (secondary N) is 1. The van der Waals surface area contributed by atoms with E-state index in [0.717, 1.165) is 10.4 Å². The summed E-state index contributed by atoms with van der Waals surface area (Å²) in [5.74, 6) is -0.464. The molecule has 0 spiro atoms. The van der Waals surface area contributed by atoms with Crippen LogP contribution in [0.1, 0.15) is 34.0 Å². The van der Waals surface area contributed by atoms with E-state index in [1.54, 1.807) is 19.9 Å². The Morgan fingerprint density at radius 2 is 1.88 bits per heavy atom. The quantitative estimate of drug-likeness (QED) is 0.796. The first-order valence-electron chi connectivity index (χ1n) is 7.45. The number of ether oxygens (including phenoxy) is 1. The average molecular weight is 367 g/mol. The molecule has 1 unspecified atom stereocenters. The Morgan fingerprint density at radius 1 is 1.25 bits per heavy atom. The summed E-state index contributed by atoms with van der Waals surface area (Å²) in [5.41, 5.74) is 2.37. The lowest BCUT2D eigenvalue weighted by Gasteiger charge is -2.19. The molecule has 1 N–H and O–H groups in total. The van der Waals surface area contributed by atoms with Gasteiger partial charge in [0.25, 0.3) is 0 Å². The van der Waals surface area contributed by atoms with Crippen LogP contribution in [0.15, 0.2) is 34.5 Å². The van der Waals surface area contributed by atoms with Gasteiger partial charge in [-0.05, 0) is 43.3 Å². The molecule has 24 heavy (non-hydrogen) atoms. The molecule has 0 saturated carbocycles. The number of benzene rings is 1. The molecule has 2 rings (SSSR count). The Hall–Kier alpha value is -1.70. The largest absolute Gasteiger partial charge is 0.469 e. The third-order valence-electron chi connectivity index (χ3n) is 3.66. The van der Waals surface area contributed by atoms with Crippen LogP contribution in [0.2, 0.25) is 0 Å². The van der Waals surface area contributed by atoms with Gasteiger partial charge >= 0.3 is 5.97 Å². The van der Waals surface area contributed by atoms with E-state index in [4.69, 9.17) is 4.74 Å². The van der Waals surface area contributed by atoms with E-state index in [1.807, 2.05) is 30.5 Å². The van der Waals surface area contributed by atoms with Crippen LogP contribution in [0.4, 0.5) is 0 Å². The maximum absolute atomic E-state index is 12.9. The first kappa shape index (κ1) is 18.6. The van der Waals surface area contributed by atoms with E-state index in [1.165, 1.54) is 18.4 Å². The predicted molar refractivity (Wildman–Crippen MR) is 94.7 cm³/mol. The zero-order valence-electron chi connectivity index (χ0n) is 14.1. The molecule has 1 atom stereocenters. The van der Waals surface area contributed by atoms with Crippen molar-refractivity contribution < 1.29 is 17.9 Å². The highest BCUT2D eigenvalue weighted by molar-refractivity contribution is 7.89. The highest BCUT2D eigenvalue weighted by Gasteiger charge is 2.27. The topological polar surface area (TPSA) is 72.5 Å². The van der Waals surface area contributed by atoms with E-state index in [-0.39, 0.29) is 11.3 Å². The minimum absolute atomic E-state index is 0.0554. The lowest BCUT2D eigenvalue weighted by molar-refractivity contribution is -0.141. The summed E-state index contributed by atoms with van der Waals surface area (Å²) < 4.78 is 33.2. The van der Waals surface area contributed by atoms with Gasteiger partial charge in [0, 0.05) is 4.88 Å². The summed E-state index contributed by atoms with van der Waals surface area (Å²) in [6, 6.07) is 6.64. The fourth-order valence-corrected chi connectivity index (χ4v) is 5.30. The molecule has 0 aliphatic carbocycles. The molecule has 1 heterocycles. The summed E-state index contributed by atoms with van der Waals surface area (Å²) in [5, 5.41) is 1.84. The van der Waals surface area contributed by atoms with Crippen molar-refractivity contribution in [2.24, 2.45) is 0 Å². The Kier molecular flexibility index (Phi) is 5.79. The van der Waals surface area contributed by atoms with Crippen molar-refractivity contribution in [2.75, 3.05) is 7.11 Å². The van der Waals surface area contributed by atoms with Crippen LogP contribution in [0.25, 0.3) is 0 Å². The van der Waals surface area contributed by atoms with E-state index in [9.17, 15) is 13.2 Å². The van der Waals surface area contributed by atoms with Gasteiger partial charge in [-0.3, -0.25) is 4.79 Å². The number of thiophene rings is 1. The molecule has 0 aliphatic rings. The molecule has 130 valence electrons. The second-order valence-electron chi connectivity index (χ2n) is 5.70. The Labute approximate surface area is 146 Å². The van der Waals surface area contributed by atoms with Gasteiger partial charge < -0.3 is 4.74 Å². The molecule has 0 aliphatic heterocycles. The molecular formula is C17H21NO4S2. The molecule has 0 amide bonds. The highest BCUT2D eigenvalue weighted by Crippen LogP contribution is 2.27. The predicted octanol–water partition coefficient (Wildman–Crippen LogP) is 3.26. The monoisotopic (exact) mass is 367 g/mol. The van der Waals surface area contributed by atoms with Crippen LogP contribution in [-0.2, 0) is 19.6 Å². The van der Waals surface area contributed by atoms with Crippen LogP contribution in [0.5, 0.6) is 0 Å². The van der Waals surface area contributed by atoms with E-state index >= 15 is 0 Å². The zero-order chi connectivity index (χ0) is 17.9. The molecule has 0 saturated heterocycles. The van der Waals surface area contributed by atoms with Gasteiger partial charge in [-0.15, -0.1) is 11.3 Å².